The SMILES string of the molecule is C=CCCC/C=C\C/C=C\CCCCCCCCC1(O)CCC(CCN(C)C)C1. The van der Waals surface area contributed by atoms with Crippen LogP contribution in [0.4, 0.5) is 0 Å². The molecule has 0 aromatic rings. The Bertz CT molecular complexity index is 453. The van der Waals surface area contributed by atoms with E-state index in [-0.39, 0.29) is 5.60 Å². The second-order valence-corrected chi connectivity index (χ2v) is 9.48. The van der Waals surface area contributed by atoms with E-state index in [1.54, 1.807) is 0 Å². The second kappa shape index (κ2) is 16.9. The lowest BCUT2D eigenvalue weighted by Crippen LogP contribution is -2.25. The average molecular weight is 404 g/mol. The first kappa shape index (κ1) is 26.2. The van der Waals surface area contributed by atoms with Crippen LogP contribution >= 0.6 is 0 Å². The third kappa shape index (κ3) is 14.7. The molecule has 1 aliphatic rings. The summed E-state index contributed by atoms with van der Waals surface area (Å²) in [5, 5.41) is 10.8. The van der Waals surface area contributed by atoms with E-state index in [1.165, 1.54) is 70.6 Å². The second-order valence-electron chi connectivity index (χ2n) is 9.48. The minimum atomic E-state index is -0.345. The van der Waals surface area contributed by atoms with Crippen molar-refractivity contribution in [1.82, 2.24) is 4.90 Å². The minimum absolute atomic E-state index is 0.345. The van der Waals surface area contributed by atoms with Crippen molar-refractivity contribution in [2.45, 2.75) is 108 Å². The predicted molar refractivity (Wildman–Crippen MR) is 129 cm³/mol. The largest absolute Gasteiger partial charge is 0.390 e. The van der Waals surface area contributed by atoms with Gasteiger partial charge in [-0.2, -0.15) is 0 Å². The van der Waals surface area contributed by atoms with Gasteiger partial charge in [0.25, 0.3) is 0 Å². The lowest BCUT2D eigenvalue weighted by Gasteiger charge is -2.23. The molecule has 1 fully saturated rings. The highest BCUT2D eigenvalue weighted by Gasteiger charge is 2.36. The van der Waals surface area contributed by atoms with Gasteiger partial charge in [-0.05, 0) is 97.2 Å². The number of aliphatic hydroxyl groups is 1. The predicted octanol–water partition coefficient (Wildman–Crippen LogP) is 7.45. The molecule has 2 atom stereocenters. The molecule has 0 bridgehead atoms. The summed E-state index contributed by atoms with van der Waals surface area (Å²) in [6, 6.07) is 0. The summed E-state index contributed by atoms with van der Waals surface area (Å²) in [6.07, 6.45) is 30.4. The Hall–Kier alpha value is -0.860. The van der Waals surface area contributed by atoms with Crippen molar-refractivity contribution >= 4 is 0 Å². The molecular formula is C27H49NO. The van der Waals surface area contributed by atoms with E-state index in [4.69, 9.17) is 0 Å². The first-order chi connectivity index (χ1) is 14.1. The molecule has 0 aromatic carbocycles. The van der Waals surface area contributed by atoms with E-state index in [0.717, 1.165) is 44.6 Å². The standard InChI is InChI=1S/C27H49NO/c1-4-5-6-7-8-9-10-11-12-13-14-15-16-17-18-19-22-27(29)23-20-26(25-27)21-24-28(2)3/h4,8-9,11-12,26,29H,1,5-7,10,13-25H2,2-3H3/b9-8-,12-11-. The van der Waals surface area contributed by atoms with E-state index in [9.17, 15) is 5.11 Å². The summed E-state index contributed by atoms with van der Waals surface area (Å²) in [5.74, 6) is 0.739. The van der Waals surface area contributed by atoms with Crippen LogP contribution in [0.3, 0.4) is 0 Å². The molecule has 168 valence electrons. The number of unbranched alkanes of at least 4 members (excludes halogenated alkanes) is 8. The molecule has 1 aliphatic carbocycles. The summed E-state index contributed by atoms with van der Waals surface area (Å²) >= 11 is 0. The van der Waals surface area contributed by atoms with Crippen molar-refractivity contribution in [2.24, 2.45) is 5.92 Å². The highest BCUT2D eigenvalue weighted by atomic mass is 16.3. The van der Waals surface area contributed by atoms with E-state index in [0.29, 0.717) is 0 Å². The lowest BCUT2D eigenvalue weighted by molar-refractivity contribution is 0.0313. The number of hydrogen-bond acceptors (Lipinski definition) is 2. The maximum absolute atomic E-state index is 10.8. The van der Waals surface area contributed by atoms with Crippen molar-refractivity contribution in [1.29, 1.82) is 0 Å². The summed E-state index contributed by atoms with van der Waals surface area (Å²) < 4.78 is 0. The van der Waals surface area contributed by atoms with Crippen LogP contribution in [0.2, 0.25) is 0 Å². The smallest absolute Gasteiger partial charge is 0.0650 e. The van der Waals surface area contributed by atoms with E-state index >= 15 is 0 Å². The van der Waals surface area contributed by atoms with Crippen molar-refractivity contribution < 1.29 is 5.11 Å². The maximum atomic E-state index is 10.8. The van der Waals surface area contributed by atoms with Gasteiger partial charge in [0.05, 0.1) is 5.60 Å². The number of nitrogens with zero attached hydrogens (tertiary/aromatic N) is 1. The van der Waals surface area contributed by atoms with Gasteiger partial charge in [-0.1, -0.05) is 62.5 Å². The average Bonchev–Trinajstić information content (AvgIpc) is 3.07. The fourth-order valence-corrected chi connectivity index (χ4v) is 4.44. The van der Waals surface area contributed by atoms with Crippen LogP contribution in [-0.4, -0.2) is 36.2 Å². The Morgan fingerprint density at radius 1 is 0.897 bits per heavy atom. The summed E-state index contributed by atoms with van der Waals surface area (Å²) in [5.41, 5.74) is -0.345. The normalized spacial score (nSPS) is 22.4. The zero-order valence-electron chi connectivity index (χ0n) is 19.6. The molecule has 29 heavy (non-hydrogen) atoms. The van der Waals surface area contributed by atoms with Crippen LogP contribution in [0.1, 0.15) is 103 Å². The highest BCUT2D eigenvalue weighted by Crippen LogP contribution is 2.39. The Balaban J connectivity index is 1.90. The quantitative estimate of drug-likeness (QED) is 0.190. The summed E-state index contributed by atoms with van der Waals surface area (Å²) in [6.45, 7) is 4.90. The molecule has 1 N–H and O–H groups in total. The molecule has 2 nitrogen and oxygen atoms in total. The zero-order chi connectivity index (χ0) is 21.2. The first-order valence-electron chi connectivity index (χ1n) is 12.3. The molecular weight excluding hydrogens is 354 g/mol. The fourth-order valence-electron chi connectivity index (χ4n) is 4.44. The van der Waals surface area contributed by atoms with Crippen molar-refractivity contribution in [3.8, 4) is 0 Å². The molecule has 0 aromatic heterocycles. The van der Waals surface area contributed by atoms with Crippen LogP contribution < -0.4 is 0 Å². The molecule has 0 saturated heterocycles. The summed E-state index contributed by atoms with van der Waals surface area (Å²) in [4.78, 5) is 2.26. The fraction of sp³-hybridized carbons (Fsp3) is 0.778. The molecule has 1 saturated carbocycles. The van der Waals surface area contributed by atoms with E-state index in [2.05, 4.69) is 49.9 Å². The maximum Gasteiger partial charge on any atom is 0.0650 e. The Kier molecular flexibility index (Phi) is 15.2. The van der Waals surface area contributed by atoms with Crippen LogP contribution in [-0.2, 0) is 0 Å². The van der Waals surface area contributed by atoms with Gasteiger partial charge >= 0.3 is 0 Å². The topological polar surface area (TPSA) is 23.5 Å². The van der Waals surface area contributed by atoms with Gasteiger partial charge < -0.3 is 10.0 Å². The van der Waals surface area contributed by atoms with Crippen LogP contribution in [0.5, 0.6) is 0 Å². The minimum Gasteiger partial charge on any atom is -0.390 e. The van der Waals surface area contributed by atoms with Crippen molar-refractivity contribution in [3.63, 3.8) is 0 Å². The number of hydrogen-bond donors (Lipinski definition) is 1. The van der Waals surface area contributed by atoms with Gasteiger partial charge in [-0.25, -0.2) is 0 Å². The van der Waals surface area contributed by atoms with Gasteiger partial charge in [0.2, 0.25) is 0 Å². The van der Waals surface area contributed by atoms with Crippen molar-refractivity contribution in [2.75, 3.05) is 20.6 Å². The van der Waals surface area contributed by atoms with E-state index in [1.807, 2.05) is 6.08 Å². The zero-order valence-corrected chi connectivity index (χ0v) is 19.6. The Labute approximate surface area is 182 Å². The van der Waals surface area contributed by atoms with Crippen LogP contribution in [0, 0.1) is 5.92 Å². The first-order valence-corrected chi connectivity index (χ1v) is 12.3. The lowest BCUT2D eigenvalue weighted by atomic mass is 9.92. The molecule has 0 aliphatic heterocycles. The van der Waals surface area contributed by atoms with Crippen molar-refractivity contribution in [3.05, 3.63) is 37.0 Å². The monoisotopic (exact) mass is 403 g/mol. The Morgan fingerprint density at radius 3 is 2.24 bits per heavy atom. The van der Waals surface area contributed by atoms with Gasteiger partial charge in [-0.3, -0.25) is 0 Å². The van der Waals surface area contributed by atoms with Gasteiger partial charge in [0, 0.05) is 0 Å². The molecule has 1 rings (SSSR count). The number of rotatable bonds is 18. The Morgan fingerprint density at radius 2 is 1.55 bits per heavy atom. The van der Waals surface area contributed by atoms with E-state index < -0.39 is 0 Å². The molecule has 2 heteroatoms. The van der Waals surface area contributed by atoms with Gasteiger partial charge in [0.1, 0.15) is 0 Å². The summed E-state index contributed by atoms with van der Waals surface area (Å²) in [7, 11) is 4.28. The molecule has 0 amide bonds. The molecule has 0 radical (unpaired) electrons. The molecule has 0 heterocycles. The third-order valence-corrected chi connectivity index (χ3v) is 6.32. The van der Waals surface area contributed by atoms with Crippen LogP contribution in [0.15, 0.2) is 37.0 Å². The number of allylic oxidation sites excluding steroid dienone is 5. The highest BCUT2D eigenvalue weighted by molar-refractivity contribution is 4.93. The van der Waals surface area contributed by atoms with Gasteiger partial charge in [0.15, 0.2) is 0 Å². The molecule has 2 unspecified atom stereocenters. The van der Waals surface area contributed by atoms with Gasteiger partial charge in [-0.15, -0.1) is 6.58 Å². The molecule has 0 spiro atoms. The van der Waals surface area contributed by atoms with Crippen LogP contribution in [0.25, 0.3) is 0 Å². The third-order valence-electron chi connectivity index (χ3n) is 6.32.